The van der Waals surface area contributed by atoms with E-state index in [1.165, 1.54) is 13.8 Å². The van der Waals surface area contributed by atoms with E-state index < -0.39 is 52.4 Å². The molecular formula is C24H25NO7. The quantitative estimate of drug-likeness (QED) is 0.484. The van der Waals surface area contributed by atoms with E-state index >= 15 is 0 Å². The lowest BCUT2D eigenvalue weighted by atomic mass is 9.62. The third kappa shape index (κ3) is 2.97. The minimum Gasteiger partial charge on any atom is -0.511 e. The van der Waals surface area contributed by atoms with E-state index in [2.05, 4.69) is 0 Å². The molecule has 0 saturated carbocycles. The average Bonchev–Trinajstić information content (AvgIpc) is 2.66. The second kappa shape index (κ2) is 7.32. The highest BCUT2D eigenvalue weighted by molar-refractivity contribution is 6.22. The van der Waals surface area contributed by atoms with Gasteiger partial charge in [0.05, 0.1) is 22.6 Å². The number of ketones is 4. The molecule has 3 aliphatic carbocycles. The van der Waals surface area contributed by atoms with E-state index in [9.17, 15) is 34.5 Å². The molecule has 0 radical (unpaired) electrons. The molecule has 0 fully saturated rings. The van der Waals surface area contributed by atoms with Crippen LogP contribution in [-0.2, 0) is 16.0 Å². The van der Waals surface area contributed by atoms with Crippen LogP contribution in [0.2, 0.25) is 0 Å². The topological polar surface area (TPSA) is 132 Å². The van der Waals surface area contributed by atoms with Crippen LogP contribution in [0.25, 0.3) is 0 Å². The molecule has 1 aromatic carbocycles. The fourth-order valence-corrected chi connectivity index (χ4v) is 5.47. The van der Waals surface area contributed by atoms with Crippen molar-refractivity contribution >= 4 is 28.8 Å². The van der Waals surface area contributed by atoms with Gasteiger partial charge in [0.1, 0.15) is 17.3 Å². The molecule has 3 aliphatic rings. The zero-order valence-corrected chi connectivity index (χ0v) is 18.4. The van der Waals surface area contributed by atoms with E-state index in [0.717, 1.165) is 0 Å². The first-order valence-corrected chi connectivity index (χ1v) is 10.5. The summed E-state index contributed by atoms with van der Waals surface area (Å²) in [6.07, 6.45) is 0.745. The Balaban J connectivity index is 1.91. The number of phenols is 1. The Morgan fingerprint density at radius 2 is 1.69 bits per heavy atom. The molecule has 0 heterocycles. The molecule has 0 aliphatic heterocycles. The molecule has 0 saturated heterocycles. The Kier molecular flexibility index (Phi) is 4.99. The molecule has 32 heavy (non-hydrogen) atoms. The van der Waals surface area contributed by atoms with Gasteiger partial charge in [0.15, 0.2) is 23.1 Å². The first-order chi connectivity index (χ1) is 15.0. The molecule has 3 atom stereocenters. The molecule has 3 unspecified atom stereocenters. The van der Waals surface area contributed by atoms with Crippen molar-refractivity contribution < 1.29 is 34.5 Å². The van der Waals surface area contributed by atoms with Gasteiger partial charge in [-0.2, -0.15) is 0 Å². The highest BCUT2D eigenvalue weighted by atomic mass is 16.3. The number of carbonyl (C=O) groups is 4. The van der Waals surface area contributed by atoms with Crippen molar-refractivity contribution in [2.45, 2.75) is 33.1 Å². The van der Waals surface area contributed by atoms with E-state index in [-0.39, 0.29) is 34.5 Å². The standard InChI is InChI=1S/C24H25NO7/c1-9(26)13-8-15(25(3)4)14-6-11-5-12-7-16(28)17(10(2)27)22(30)19(12)23(31)18(11)24(32)20(14)21(13)29/h8,11-12,19,28-29,31H,5-7H2,1-4H3. The van der Waals surface area contributed by atoms with Crippen LogP contribution in [0.15, 0.2) is 28.7 Å². The van der Waals surface area contributed by atoms with E-state index in [0.29, 0.717) is 24.1 Å². The van der Waals surface area contributed by atoms with Crippen LogP contribution in [-0.4, -0.2) is 52.5 Å². The molecule has 1 aromatic rings. The maximum Gasteiger partial charge on any atom is 0.196 e. The van der Waals surface area contributed by atoms with Gasteiger partial charge in [-0.3, -0.25) is 19.2 Å². The van der Waals surface area contributed by atoms with Crippen LogP contribution in [0.3, 0.4) is 0 Å². The predicted molar refractivity (Wildman–Crippen MR) is 115 cm³/mol. The monoisotopic (exact) mass is 439 g/mol. The van der Waals surface area contributed by atoms with Gasteiger partial charge < -0.3 is 20.2 Å². The number of fused-ring (bicyclic) bond motifs is 3. The number of nitrogens with zero attached hydrogens (tertiary/aromatic N) is 1. The lowest BCUT2D eigenvalue weighted by Gasteiger charge is -2.41. The van der Waals surface area contributed by atoms with Gasteiger partial charge in [-0.15, -0.1) is 0 Å². The number of aliphatic hydroxyl groups is 2. The number of allylic oxidation sites excluding steroid dienone is 4. The van der Waals surface area contributed by atoms with Crippen molar-refractivity contribution in [2.75, 3.05) is 19.0 Å². The zero-order chi connectivity index (χ0) is 23.6. The van der Waals surface area contributed by atoms with Gasteiger partial charge in [0.2, 0.25) is 0 Å². The van der Waals surface area contributed by atoms with Gasteiger partial charge >= 0.3 is 0 Å². The zero-order valence-electron chi connectivity index (χ0n) is 18.4. The van der Waals surface area contributed by atoms with Crippen LogP contribution in [0.1, 0.15) is 53.0 Å². The van der Waals surface area contributed by atoms with Crippen LogP contribution in [0.4, 0.5) is 5.69 Å². The number of benzene rings is 1. The van der Waals surface area contributed by atoms with Crippen molar-refractivity contribution in [3.05, 3.63) is 45.4 Å². The highest BCUT2D eigenvalue weighted by Gasteiger charge is 2.50. The molecule has 0 bridgehead atoms. The van der Waals surface area contributed by atoms with Crippen molar-refractivity contribution in [2.24, 2.45) is 17.8 Å². The number of Topliss-reactive ketones (excluding diaryl/α,β-unsaturated/α-hetero) is 4. The molecule has 0 aromatic heterocycles. The summed E-state index contributed by atoms with van der Waals surface area (Å²) in [7, 11) is 3.54. The number of rotatable bonds is 3. The number of carbonyl (C=O) groups excluding carboxylic acids is 4. The van der Waals surface area contributed by atoms with Gasteiger partial charge in [-0.1, -0.05) is 0 Å². The summed E-state index contributed by atoms with van der Waals surface area (Å²) in [4.78, 5) is 52.2. The molecule has 0 spiro atoms. The summed E-state index contributed by atoms with van der Waals surface area (Å²) < 4.78 is 0. The summed E-state index contributed by atoms with van der Waals surface area (Å²) in [5.41, 5.74) is 0.876. The summed E-state index contributed by atoms with van der Waals surface area (Å²) in [6, 6.07) is 1.56. The van der Waals surface area contributed by atoms with Crippen LogP contribution in [0, 0.1) is 17.8 Å². The van der Waals surface area contributed by atoms with Gasteiger partial charge in [-0.05, 0) is 50.2 Å². The Labute approximate surface area is 184 Å². The number of aliphatic hydroxyl groups excluding tert-OH is 2. The van der Waals surface area contributed by atoms with Gasteiger partial charge in [-0.25, -0.2) is 0 Å². The third-order valence-corrected chi connectivity index (χ3v) is 6.83. The first-order valence-electron chi connectivity index (χ1n) is 10.5. The average molecular weight is 439 g/mol. The summed E-state index contributed by atoms with van der Waals surface area (Å²) >= 11 is 0. The molecule has 8 nitrogen and oxygen atoms in total. The maximum atomic E-state index is 13.5. The predicted octanol–water partition coefficient (Wildman–Crippen LogP) is 2.84. The lowest BCUT2D eigenvalue weighted by Crippen LogP contribution is -2.42. The van der Waals surface area contributed by atoms with Crippen molar-refractivity contribution in [1.29, 1.82) is 0 Å². The van der Waals surface area contributed by atoms with Crippen LogP contribution >= 0.6 is 0 Å². The number of hydrogen-bond donors (Lipinski definition) is 3. The minimum absolute atomic E-state index is 0.00786. The number of hydrogen-bond acceptors (Lipinski definition) is 8. The minimum atomic E-state index is -1.09. The SMILES string of the molecule is CC(=O)C1=C(O)CC2CC3Cc4c(N(C)C)cc(C(C)=O)c(O)c4C(=O)C3=C(O)C2C1=O. The number of phenolic OH excluding ortho intramolecular Hbond substituents is 1. The van der Waals surface area contributed by atoms with Crippen LogP contribution in [0.5, 0.6) is 5.75 Å². The van der Waals surface area contributed by atoms with Gasteiger partial charge in [0, 0.05) is 31.8 Å². The van der Waals surface area contributed by atoms with Crippen molar-refractivity contribution in [3.63, 3.8) is 0 Å². The summed E-state index contributed by atoms with van der Waals surface area (Å²) in [6.45, 7) is 2.47. The largest absolute Gasteiger partial charge is 0.511 e. The van der Waals surface area contributed by atoms with Crippen molar-refractivity contribution in [3.8, 4) is 5.75 Å². The fraction of sp³-hybridized carbons (Fsp3) is 0.417. The van der Waals surface area contributed by atoms with Crippen LogP contribution < -0.4 is 4.90 Å². The number of aromatic hydroxyl groups is 1. The van der Waals surface area contributed by atoms with Gasteiger partial charge in [0.25, 0.3) is 0 Å². The molecule has 8 heteroatoms. The van der Waals surface area contributed by atoms with E-state index in [1.807, 2.05) is 0 Å². The Morgan fingerprint density at radius 3 is 2.25 bits per heavy atom. The molecule has 0 amide bonds. The summed E-state index contributed by atoms with van der Waals surface area (Å²) in [5, 5.41) is 32.1. The normalized spacial score (nSPS) is 24.7. The molecule has 3 N–H and O–H groups in total. The fourth-order valence-electron chi connectivity index (χ4n) is 5.47. The lowest BCUT2D eigenvalue weighted by molar-refractivity contribution is -0.125. The second-order valence-corrected chi connectivity index (χ2v) is 9.04. The smallest absolute Gasteiger partial charge is 0.196 e. The summed E-state index contributed by atoms with van der Waals surface area (Å²) in [5.74, 6) is -5.37. The van der Waals surface area contributed by atoms with E-state index in [4.69, 9.17) is 0 Å². The maximum absolute atomic E-state index is 13.5. The molecular weight excluding hydrogens is 414 g/mol. The second-order valence-electron chi connectivity index (χ2n) is 9.04. The highest BCUT2D eigenvalue weighted by Crippen LogP contribution is 2.51. The Morgan fingerprint density at radius 1 is 1.03 bits per heavy atom. The first kappa shape index (κ1) is 21.8. The molecule has 168 valence electrons. The number of anilines is 1. The van der Waals surface area contributed by atoms with Crippen molar-refractivity contribution in [1.82, 2.24) is 0 Å². The Bertz CT molecular complexity index is 1170. The van der Waals surface area contributed by atoms with E-state index in [1.54, 1.807) is 25.1 Å². The Hall–Kier alpha value is -3.42. The molecule has 4 rings (SSSR count). The third-order valence-electron chi connectivity index (χ3n) is 6.83.